The number of carbonyl (C=O) groups excluding carboxylic acids is 2. The van der Waals surface area contributed by atoms with Crippen LogP contribution in [0.5, 0.6) is 0 Å². The zero-order valence-electron chi connectivity index (χ0n) is 20.2. The van der Waals surface area contributed by atoms with Gasteiger partial charge in [-0.1, -0.05) is 41.6 Å². The molecule has 0 spiro atoms. The first kappa shape index (κ1) is 24.5. The van der Waals surface area contributed by atoms with Gasteiger partial charge in [-0.2, -0.15) is 0 Å². The summed E-state index contributed by atoms with van der Waals surface area (Å²) in [4.78, 5) is 38.0. The van der Waals surface area contributed by atoms with Crippen LogP contribution in [0.2, 0.25) is 0 Å². The molecule has 0 aliphatic rings. The van der Waals surface area contributed by atoms with Crippen LogP contribution < -0.4 is 16.2 Å². The second kappa shape index (κ2) is 10.3. The van der Waals surface area contributed by atoms with Gasteiger partial charge in [0, 0.05) is 24.7 Å². The van der Waals surface area contributed by atoms with Crippen LogP contribution in [0.3, 0.4) is 0 Å². The number of benzene rings is 2. The zero-order chi connectivity index (χ0) is 25.1. The molecule has 0 radical (unpaired) electrons. The molecule has 182 valence electrons. The van der Waals surface area contributed by atoms with Crippen LogP contribution in [-0.4, -0.2) is 42.8 Å². The molecule has 2 amide bonds. The van der Waals surface area contributed by atoms with Crippen LogP contribution in [0.25, 0.3) is 16.7 Å². The van der Waals surface area contributed by atoms with Crippen molar-refractivity contribution in [3.8, 4) is 0 Å². The summed E-state index contributed by atoms with van der Waals surface area (Å²) in [7, 11) is 0. The summed E-state index contributed by atoms with van der Waals surface area (Å²) in [5.74, 6) is 0.152. The van der Waals surface area contributed by atoms with Crippen molar-refractivity contribution in [3.63, 3.8) is 0 Å². The van der Waals surface area contributed by atoms with E-state index in [0.717, 1.165) is 16.8 Å². The first-order valence-electron chi connectivity index (χ1n) is 11.4. The number of para-hydroxylation sites is 1. The maximum Gasteiger partial charge on any atom is 0.262 e. The van der Waals surface area contributed by atoms with Crippen LogP contribution in [0.1, 0.15) is 31.4 Å². The summed E-state index contributed by atoms with van der Waals surface area (Å²) in [5, 5.41) is 15.3. The minimum Gasteiger partial charge on any atom is -0.354 e. The fourth-order valence-corrected chi connectivity index (χ4v) is 4.65. The Balaban J connectivity index is 1.62. The molecular formula is C25H28N6O3S. The Labute approximate surface area is 206 Å². The molecule has 4 aromatic rings. The lowest BCUT2D eigenvalue weighted by atomic mass is 10.1. The number of hydrogen-bond donors (Lipinski definition) is 2. The van der Waals surface area contributed by atoms with Crippen LogP contribution in [-0.2, 0) is 16.1 Å². The number of nitrogens with one attached hydrogen (secondary N) is 2. The van der Waals surface area contributed by atoms with Crippen molar-refractivity contribution in [2.24, 2.45) is 0 Å². The van der Waals surface area contributed by atoms with Crippen molar-refractivity contribution >= 4 is 45.9 Å². The molecule has 0 fully saturated rings. The Bertz CT molecular complexity index is 1470. The molecule has 2 heterocycles. The predicted octanol–water partition coefficient (Wildman–Crippen LogP) is 3.31. The topological polar surface area (TPSA) is 110 Å². The van der Waals surface area contributed by atoms with Crippen molar-refractivity contribution in [3.05, 3.63) is 63.9 Å². The molecule has 2 N–H and O–H groups in total. The summed E-state index contributed by atoms with van der Waals surface area (Å²) < 4.78 is 3.24. The molecule has 2 aromatic heterocycles. The van der Waals surface area contributed by atoms with Gasteiger partial charge in [-0.05, 0) is 51.5 Å². The van der Waals surface area contributed by atoms with Crippen molar-refractivity contribution < 1.29 is 9.59 Å². The van der Waals surface area contributed by atoms with E-state index in [9.17, 15) is 14.4 Å². The Morgan fingerprint density at radius 2 is 1.83 bits per heavy atom. The van der Waals surface area contributed by atoms with Gasteiger partial charge in [0.2, 0.25) is 17.6 Å². The number of thioether (sulfide) groups is 1. The summed E-state index contributed by atoms with van der Waals surface area (Å²) in [6, 6.07) is 13.1. The fourth-order valence-electron chi connectivity index (χ4n) is 3.91. The number of nitrogens with zero attached hydrogens (tertiary/aromatic N) is 4. The van der Waals surface area contributed by atoms with Gasteiger partial charge in [0.15, 0.2) is 5.16 Å². The number of fused-ring (bicyclic) bond motifs is 3. The summed E-state index contributed by atoms with van der Waals surface area (Å²) >= 11 is 1.24. The van der Waals surface area contributed by atoms with E-state index in [1.807, 2.05) is 58.0 Å². The molecule has 2 aromatic carbocycles. The van der Waals surface area contributed by atoms with E-state index in [1.165, 1.54) is 16.3 Å². The standard InChI is InChI=1S/C25H28N6O3S/c1-15(2)26-21(32)11-12-30-23(34)18-7-5-6-8-20(18)31-24(30)28-29-25(31)35-14-22(33)27-19-10-9-16(3)13-17(19)4/h5-10,13,15H,11-12,14H2,1-4H3,(H,26,32)(H,27,33). The quantitative estimate of drug-likeness (QED) is 0.365. The zero-order valence-corrected chi connectivity index (χ0v) is 21.0. The Hall–Kier alpha value is -3.66. The molecule has 9 nitrogen and oxygen atoms in total. The molecule has 0 saturated heterocycles. The van der Waals surface area contributed by atoms with Gasteiger partial charge in [0.05, 0.1) is 16.7 Å². The number of rotatable bonds is 8. The van der Waals surface area contributed by atoms with Crippen molar-refractivity contribution in [1.29, 1.82) is 0 Å². The summed E-state index contributed by atoms with van der Waals surface area (Å²) in [5.41, 5.74) is 3.31. The number of aromatic nitrogens is 4. The molecule has 0 saturated carbocycles. The third kappa shape index (κ3) is 5.37. The number of hydrogen-bond acceptors (Lipinski definition) is 6. The smallest absolute Gasteiger partial charge is 0.262 e. The van der Waals surface area contributed by atoms with Crippen LogP contribution in [0.4, 0.5) is 5.69 Å². The van der Waals surface area contributed by atoms with E-state index in [-0.39, 0.29) is 42.1 Å². The highest BCUT2D eigenvalue weighted by molar-refractivity contribution is 7.99. The summed E-state index contributed by atoms with van der Waals surface area (Å²) in [6.45, 7) is 7.90. The Morgan fingerprint density at radius 1 is 1.06 bits per heavy atom. The average Bonchev–Trinajstić information content (AvgIpc) is 3.23. The summed E-state index contributed by atoms with van der Waals surface area (Å²) in [6.07, 6.45) is 0.139. The number of aryl methyl sites for hydroxylation is 3. The third-order valence-corrected chi connectivity index (χ3v) is 6.41. The van der Waals surface area contributed by atoms with Crippen LogP contribution >= 0.6 is 11.8 Å². The van der Waals surface area contributed by atoms with Crippen molar-refractivity contribution in [2.45, 2.75) is 51.9 Å². The first-order chi connectivity index (χ1) is 16.7. The number of anilines is 1. The Kier molecular flexibility index (Phi) is 7.20. The highest BCUT2D eigenvalue weighted by atomic mass is 32.2. The van der Waals surface area contributed by atoms with E-state index < -0.39 is 0 Å². The minimum absolute atomic E-state index is 0.0155. The number of amides is 2. The maximum atomic E-state index is 13.2. The molecule has 0 unspecified atom stereocenters. The van der Waals surface area contributed by atoms with E-state index in [1.54, 1.807) is 16.5 Å². The van der Waals surface area contributed by atoms with Gasteiger partial charge in [0.25, 0.3) is 5.56 Å². The normalized spacial score (nSPS) is 11.3. The lowest BCUT2D eigenvalue weighted by Crippen LogP contribution is -2.32. The van der Waals surface area contributed by atoms with Gasteiger partial charge in [0.1, 0.15) is 0 Å². The lowest BCUT2D eigenvalue weighted by molar-refractivity contribution is -0.121. The monoisotopic (exact) mass is 492 g/mol. The first-order valence-corrected chi connectivity index (χ1v) is 12.4. The second-order valence-corrected chi connectivity index (χ2v) is 9.66. The molecule has 0 atom stereocenters. The predicted molar refractivity (Wildman–Crippen MR) is 138 cm³/mol. The van der Waals surface area contributed by atoms with Crippen molar-refractivity contribution in [1.82, 2.24) is 24.5 Å². The third-order valence-electron chi connectivity index (χ3n) is 5.48. The Morgan fingerprint density at radius 3 is 2.57 bits per heavy atom. The van der Waals surface area contributed by atoms with E-state index in [0.29, 0.717) is 21.8 Å². The highest BCUT2D eigenvalue weighted by Crippen LogP contribution is 2.23. The lowest BCUT2D eigenvalue weighted by Gasteiger charge is -2.12. The van der Waals surface area contributed by atoms with Gasteiger partial charge in [-0.25, -0.2) is 0 Å². The minimum atomic E-state index is -0.234. The van der Waals surface area contributed by atoms with Gasteiger partial charge < -0.3 is 10.6 Å². The fraction of sp³-hybridized carbons (Fsp3) is 0.320. The largest absolute Gasteiger partial charge is 0.354 e. The van der Waals surface area contributed by atoms with Crippen LogP contribution in [0.15, 0.2) is 52.4 Å². The second-order valence-electron chi connectivity index (χ2n) is 8.72. The maximum absolute atomic E-state index is 13.2. The van der Waals surface area contributed by atoms with Gasteiger partial charge >= 0.3 is 0 Å². The molecule has 0 aliphatic carbocycles. The number of carbonyl (C=O) groups is 2. The van der Waals surface area contributed by atoms with Crippen molar-refractivity contribution in [2.75, 3.05) is 11.1 Å². The van der Waals surface area contributed by atoms with Gasteiger partial charge in [-0.3, -0.25) is 23.4 Å². The van der Waals surface area contributed by atoms with E-state index >= 15 is 0 Å². The molecule has 4 rings (SSSR count). The molecule has 10 heteroatoms. The average molecular weight is 493 g/mol. The SMILES string of the molecule is Cc1ccc(NC(=O)CSc2nnc3n(CCC(=O)NC(C)C)c(=O)c4ccccc4n23)c(C)c1. The molecule has 0 aliphatic heterocycles. The van der Waals surface area contributed by atoms with Gasteiger partial charge in [-0.15, -0.1) is 10.2 Å². The van der Waals surface area contributed by atoms with Crippen LogP contribution in [0, 0.1) is 13.8 Å². The molecule has 0 bridgehead atoms. The molecule has 35 heavy (non-hydrogen) atoms. The molecular weight excluding hydrogens is 464 g/mol. The van der Waals surface area contributed by atoms with E-state index in [2.05, 4.69) is 20.8 Å². The highest BCUT2D eigenvalue weighted by Gasteiger charge is 2.18. The van der Waals surface area contributed by atoms with E-state index in [4.69, 9.17) is 0 Å².